The normalized spacial score (nSPS) is 11.9. The van der Waals surface area contributed by atoms with Crippen LogP contribution in [-0.4, -0.2) is 19.7 Å². The summed E-state index contributed by atoms with van der Waals surface area (Å²) < 4.78 is 10.5. The van der Waals surface area contributed by atoms with Gasteiger partial charge < -0.3 is 19.8 Å². The van der Waals surface area contributed by atoms with Gasteiger partial charge in [-0.2, -0.15) is 0 Å². The molecule has 2 aromatic rings. The van der Waals surface area contributed by atoms with Crippen molar-refractivity contribution in [2.75, 3.05) is 19.0 Å². The molecule has 1 aromatic carbocycles. The van der Waals surface area contributed by atoms with Crippen molar-refractivity contribution in [3.8, 4) is 0 Å². The Hall–Kier alpha value is -1.98. The number of furan rings is 1. The van der Waals surface area contributed by atoms with E-state index in [-0.39, 0.29) is 12.1 Å². The van der Waals surface area contributed by atoms with E-state index in [1.807, 2.05) is 0 Å². The summed E-state index contributed by atoms with van der Waals surface area (Å²) in [7, 11) is 1.56. The lowest BCUT2D eigenvalue weighted by atomic mass is 10.2. The molecule has 2 N–H and O–H groups in total. The number of para-hydroxylation sites is 1. The molecule has 0 unspecified atom stereocenters. The highest BCUT2D eigenvalue weighted by atomic mass is 35.5. The first-order valence-corrected chi connectivity index (χ1v) is 6.44. The topological polar surface area (TPSA) is 63.5 Å². The minimum absolute atomic E-state index is 0.292. The molecule has 2 amide bonds. The van der Waals surface area contributed by atoms with Crippen LogP contribution in [0.4, 0.5) is 10.5 Å². The van der Waals surface area contributed by atoms with Gasteiger partial charge in [0, 0.05) is 7.11 Å². The Morgan fingerprint density at radius 3 is 2.80 bits per heavy atom. The van der Waals surface area contributed by atoms with Gasteiger partial charge in [0.2, 0.25) is 0 Å². The maximum atomic E-state index is 11.8. The van der Waals surface area contributed by atoms with E-state index in [9.17, 15) is 4.79 Å². The van der Waals surface area contributed by atoms with Gasteiger partial charge in [-0.05, 0) is 24.3 Å². The lowest BCUT2D eigenvalue weighted by Crippen LogP contribution is -2.32. The first-order chi connectivity index (χ1) is 9.70. The monoisotopic (exact) mass is 294 g/mol. The molecular weight excluding hydrogens is 280 g/mol. The summed E-state index contributed by atoms with van der Waals surface area (Å²) in [6.45, 7) is 0.292. The molecule has 1 aromatic heterocycles. The molecule has 1 heterocycles. The van der Waals surface area contributed by atoms with E-state index < -0.39 is 0 Å². The van der Waals surface area contributed by atoms with Crippen LogP contribution in [0.25, 0.3) is 0 Å². The van der Waals surface area contributed by atoms with E-state index in [2.05, 4.69) is 10.6 Å². The summed E-state index contributed by atoms with van der Waals surface area (Å²) in [5.74, 6) is 0.658. The molecule has 0 radical (unpaired) electrons. The number of hydrogen-bond donors (Lipinski definition) is 2. The average Bonchev–Trinajstić information content (AvgIpc) is 2.96. The zero-order chi connectivity index (χ0) is 14.4. The fourth-order valence-corrected chi connectivity index (χ4v) is 1.87. The Balaban J connectivity index is 1.87. The van der Waals surface area contributed by atoms with Gasteiger partial charge in [0.1, 0.15) is 11.9 Å². The number of anilines is 1. The molecule has 2 rings (SSSR count). The summed E-state index contributed by atoms with van der Waals surface area (Å²) in [5, 5.41) is 5.85. The highest BCUT2D eigenvalue weighted by Gasteiger charge is 2.14. The summed E-state index contributed by atoms with van der Waals surface area (Å²) >= 11 is 5.96. The number of carbonyl (C=O) groups excluding carboxylic acids is 1. The fourth-order valence-electron chi connectivity index (χ4n) is 1.69. The molecule has 0 bridgehead atoms. The number of urea groups is 1. The molecule has 0 saturated carbocycles. The molecular formula is C14H15ClN2O3. The minimum atomic E-state index is -0.355. The number of carbonyl (C=O) groups is 1. The van der Waals surface area contributed by atoms with Gasteiger partial charge in [-0.3, -0.25) is 0 Å². The van der Waals surface area contributed by atoms with Crippen molar-refractivity contribution in [3.05, 3.63) is 53.4 Å². The Bertz CT molecular complexity index is 557. The summed E-state index contributed by atoms with van der Waals surface area (Å²) in [6.07, 6.45) is 1.23. The van der Waals surface area contributed by atoms with Crippen molar-refractivity contribution < 1.29 is 13.9 Å². The summed E-state index contributed by atoms with van der Waals surface area (Å²) in [4.78, 5) is 11.8. The predicted octanol–water partition coefficient (Wildman–Crippen LogP) is 3.44. The highest BCUT2D eigenvalue weighted by molar-refractivity contribution is 6.33. The third-order valence-electron chi connectivity index (χ3n) is 2.72. The lowest BCUT2D eigenvalue weighted by Gasteiger charge is -2.14. The van der Waals surface area contributed by atoms with Crippen molar-refractivity contribution in [1.82, 2.24) is 5.32 Å². The number of hydrogen-bond acceptors (Lipinski definition) is 3. The molecule has 106 valence electrons. The number of ether oxygens (including phenoxy) is 1. The second kappa shape index (κ2) is 6.98. The second-order valence-corrected chi connectivity index (χ2v) is 4.46. The van der Waals surface area contributed by atoms with Gasteiger partial charge in [-0.1, -0.05) is 23.7 Å². The van der Waals surface area contributed by atoms with Gasteiger partial charge >= 0.3 is 6.03 Å². The van der Waals surface area contributed by atoms with Crippen LogP contribution in [-0.2, 0) is 4.74 Å². The third-order valence-corrected chi connectivity index (χ3v) is 3.04. The SMILES string of the molecule is CO[C@@H](CNC(=O)Nc1ccccc1Cl)c1ccco1. The van der Waals surface area contributed by atoms with Gasteiger partial charge in [-0.15, -0.1) is 0 Å². The Labute approximate surface area is 121 Å². The van der Waals surface area contributed by atoms with Crippen molar-refractivity contribution >= 4 is 23.3 Å². The maximum Gasteiger partial charge on any atom is 0.319 e. The molecule has 0 aliphatic heterocycles. The number of nitrogens with one attached hydrogen (secondary N) is 2. The lowest BCUT2D eigenvalue weighted by molar-refractivity contribution is 0.0855. The van der Waals surface area contributed by atoms with Crippen molar-refractivity contribution in [3.63, 3.8) is 0 Å². The van der Waals surface area contributed by atoms with Crippen LogP contribution in [0.2, 0.25) is 5.02 Å². The quantitative estimate of drug-likeness (QED) is 0.888. The number of amides is 2. The molecule has 0 spiro atoms. The highest BCUT2D eigenvalue weighted by Crippen LogP contribution is 2.20. The van der Waals surface area contributed by atoms with Gasteiger partial charge in [0.15, 0.2) is 0 Å². The Morgan fingerprint density at radius 1 is 1.35 bits per heavy atom. The fraction of sp³-hybridized carbons (Fsp3) is 0.214. The van der Waals surface area contributed by atoms with Crippen LogP contribution >= 0.6 is 11.6 Å². The molecule has 20 heavy (non-hydrogen) atoms. The Kier molecular flexibility index (Phi) is 5.03. The summed E-state index contributed by atoms with van der Waals surface area (Å²) in [5.41, 5.74) is 0.554. The van der Waals surface area contributed by atoms with E-state index in [0.717, 1.165) is 0 Å². The van der Waals surface area contributed by atoms with Gasteiger partial charge in [0.05, 0.1) is 23.5 Å². The number of methoxy groups -OCH3 is 1. The smallest absolute Gasteiger partial charge is 0.319 e. The Morgan fingerprint density at radius 2 is 2.15 bits per heavy atom. The largest absolute Gasteiger partial charge is 0.467 e. The van der Waals surface area contributed by atoms with E-state index in [4.69, 9.17) is 20.8 Å². The van der Waals surface area contributed by atoms with E-state index in [1.165, 1.54) is 0 Å². The molecule has 0 aliphatic rings. The number of benzene rings is 1. The van der Waals surface area contributed by atoms with Crippen LogP contribution in [0.3, 0.4) is 0 Å². The minimum Gasteiger partial charge on any atom is -0.467 e. The zero-order valence-corrected chi connectivity index (χ0v) is 11.7. The zero-order valence-electron chi connectivity index (χ0n) is 10.9. The predicted molar refractivity (Wildman–Crippen MR) is 76.9 cm³/mol. The van der Waals surface area contributed by atoms with Crippen molar-refractivity contribution in [1.29, 1.82) is 0 Å². The molecule has 6 heteroatoms. The van der Waals surface area contributed by atoms with Crippen LogP contribution in [0.15, 0.2) is 47.1 Å². The van der Waals surface area contributed by atoms with Crippen LogP contribution in [0, 0.1) is 0 Å². The van der Waals surface area contributed by atoms with Crippen LogP contribution in [0.5, 0.6) is 0 Å². The van der Waals surface area contributed by atoms with Gasteiger partial charge in [0.25, 0.3) is 0 Å². The molecule has 0 saturated heterocycles. The molecule has 5 nitrogen and oxygen atoms in total. The van der Waals surface area contributed by atoms with E-state index in [1.54, 1.807) is 49.8 Å². The van der Waals surface area contributed by atoms with E-state index >= 15 is 0 Å². The van der Waals surface area contributed by atoms with Crippen molar-refractivity contribution in [2.24, 2.45) is 0 Å². The number of rotatable bonds is 5. The first kappa shape index (κ1) is 14.4. The van der Waals surface area contributed by atoms with Crippen molar-refractivity contribution in [2.45, 2.75) is 6.10 Å². The first-order valence-electron chi connectivity index (χ1n) is 6.06. The van der Waals surface area contributed by atoms with Crippen LogP contribution < -0.4 is 10.6 Å². The summed E-state index contributed by atoms with van der Waals surface area (Å²) in [6, 6.07) is 10.2. The number of halogens is 1. The van der Waals surface area contributed by atoms with E-state index in [0.29, 0.717) is 23.0 Å². The second-order valence-electron chi connectivity index (χ2n) is 4.05. The molecule has 0 aliphatic carbocycles. The standard InChI is InChI=1S/C14H15ClN2O3/c1-19-13(12-7-4-8-20-12)9-16-14(18)17-11-6-3-2-5-10(11)15/h2-8,13H,9H2,1H3,(H2,16,17,18)/t13-/m0/s1. The third kappa shape index (κ3) is 3.76. The average molecular weight is 295 g/mol. The van der Waals surface area contributed by atoms with Gasteiger partial charge in [-0.25, -0.2) is 4.79 Å². The molecule has 0 fully saturated rings. The van der Waals surface area contributed by atoms with Crippen LogP contribution in [0.1, 0.15) is 11.9 Å². The maximum absolute atomic E-state index is 11.8. The molecule has 1 atom stereocenters.